The number of piperazine rings is 1. The maximum Gasteiger partial charge on any atom is 0.257 e. The van der Waals surface area contributed by atoms with Gasteiger partial charge in [0.1, 0.15) is 17.6 Å². The van der Waals surface area contributed by atoms with E-state index < -0.39 is 17.8 Å². The van der Waals surface area contributed by atoms with Crippen LogP contribution in [0.4, 0.5) is 4.39 Å². The van der Waals surface area contributed by atoms with E-state index in [1.54, 1.807) is 29.2 Å². The molecule has 0 radical (unpaired) electrons. The van der Waals surface area contributed by atoms with Crippen LogP contribution >= 0.6 is 11.6 Å². The Labute approximate surface area is 167 Å². The summed E-state index contributed by atoms with van der Waals surface area (Å²) < 4.78 is 18.8. The quantitative estimate of drug-likeness (QED) is 0.829. The molecule has 1 aliphatic rings. The van der Waals surface area contributed by atoms with Gasteiger partial charge >= 0.3 is 0 Å². The molecule has 148 valence electrons. The van der Waals surface area contributed by atoms with Crippen molar-refractivity contribution in [3.05, 3.63) is 64.4 Å². The summed E-state index contributed by atoms with van der Waals surface area (Å²) in [5.74, 6) is -0.948. The van der Waals surface area contributed by atoms with Crippen LogP contribution in [0.2, 0.25) is 5.02 Å². The lowest BCUT2D eigenvalue weighted by atomic mass is 10.0. The highest BCUT2D eigenvalue weighted by molar-refractivity contribution is 6.30. The number of methoxy groups -OCH3 is 1. The van der Waals surface area contributed by atoms with Crippen molar-refractivity contribution in [1.82, 2.24) is 9.80 Å². The number of nitrogens with zero attached hydrogens (tertiary/aromatic N) is 2. The highest BCUT2D eigenvalue weighted by Gasteiger charge is 2.31. The molecule has 1 saturated heterocycles. The van der Waals surface area contributed by atoms with Crippen molar-refractivity contribution in [3.63, 3.8) is 0 Å². The van der Waals surface area contributed by atoms with E-state index in [2.05, 4.69) is 0 Å². The van der Waals surface area contributed by atoms with E-state index >= 15 is 0 Å². The second-order valence-electron chi connectivity index (χ2n) is 6.53. The van der Waals surface area contributed by atoms with Crippen LogP contribution < -0.4 is 10.5 Å². The van der Waals surface area contributed by atoms with Crippen LogP contribution in [0.25, 0.3) is 0 Å². The Balaban J connectivity index is 1.72. The van der Waals surface area contributed by atoms with Gasteiger partial charge in [0.05, 0.1) is 12.7 Å². The molecule has 6 nitrogen and oxygen atoms in total. The summed E-state index contributed by atoms with van der Waals surface area (Å²) in [4.78, 5) is 28.4. The lowest BCUT2D eigenvalue weighted by Crippen LogP contribution is -2.51. The molecule has 2 aromatic rings. The average molecular weight is 406 g/mol. The predicted molar refractivity (Wildman–Crippen MR) is 104 cm³/mol. The van der Waals surface area contributed by atoms with Gasteiger partial charge in [-0.2, -0.15) is 0 Å². The van der Waals surface area contributed by atoms with Gasteiger partial charge in [0.2, 0.25) is 5.91 Å². The van der Waals surface area contributed by atoms with Crippen molar-refractivity contribution >= 4 is 23.4 Å². The Kier molecular flexibility index (Phi) is 6.16. The molecule has 3 rings (SSSR count). The second-order valence-corrected chi connectivity index (χ2v) is 6.97. The highest BCUT2D eigenvalue weighted by atomic mass is 35.5. The number of primary amides is 1. The Morgan fingerprint density at radius 2 is 1.75 bits per heavy atom. The van der Waals surface area contributed by atoms with Crippen molar-refractivity contribution in [2.45, 2.75) is 6.04 Å². The summed E-state index contributed by atoms with van der Waals surface area (Å²) in [5, 5.41) is 0.575. The van der Waals surface area contributed by atoms with Crippen molar-refractivity contribution in [1.29, 1.82) is 0 Å². The Morgan fingerprint density at radius 1 is 1.11 bits per heavy atom. The molecule has 0 spiro atoms. The standard InChI is InChI=1S/C20H21ClFN3O3/c1-28-17-7-6-15(22)12-16(17)20(27)25-10-8-24(9-11-25)18(19(23)26)13-2-4-14(21)5-3-13/h2-7,12,18H,8-11H2,1H3,(H2,23,26). The van der Waals surface area contributed by atoms with Crippen LogP contribution in [0.1, 0.15) is 22.0 Å². The van der Waals surface area contributed by atoms with Crippen LogP contribution in [0, 0.1) is 5.82 Å². The molecular formula is C20H21ClFN3O3. The highest BCUT2D eigenvalue weighted by Crippen LogP contribution is 2.26. The SMILES string of the molecule is COc1ccc(F)cc1C(=O)N1CCN(C(C(N)=O)c2ccc(Cl)cc2)CC1. The molecule has 1 atom stereocenters. The van der Waals surface area contributed by atoms with Gasteiger partial charge in [-0.3, -0.25) is 14.5 Å². The predicted octanol–water partition coefficient (Wildman–Crippen LogP) is 2.47. The van der Waals surface area contributed by atoms with Crippen molar-refractivity contribution in [2.24, 2.45) is 5.73 Å². The van der Waals surface area contributed by atoms with Crippen LogP contribution in [0.15, 0.2) is 42.5 Å². The summed E-state index contributed by atoms with van der Waals surface area (Å²) in [6.07, 6.45) is 0. The molecule has 2 N–H and O–H groups in total. The number of nitrogens with two attached hydrogens (primary N) is 1. The Bertz CT molecular complexity index is 867. The number of halogens is 2. The minimum atomic E-state index is -0.599. The van der Waals surface area contributed by atoms with E-state index in [-0.39, 0.29) is 11.5 Å². The van der Waals surface area contributed by atoms with Gasteiger partial charge in [-0.1, -0.05) is 23.7 Å². The van der Waals surface area contributed by atoms with E-state index in [1.807, 2.05) is 4.90 Å². The molecule has 0 aliphatic carbocycles. The van der Waals surface area contributed by atoms with Gasteiger partial charge < -0.3 is 15.4 Å². The van der Waals surface area contributed by atoms with Gasteiger partial charge in [-0.15, -0.1) is 0 Å². The molecule has 1 unspecified atom stereocenters. The van der Waals surface area contributed by atoms with E-state index in [4.69, 9.17) is 22.1 Å². The van der Waals surface area contributed by atoms with Crippen molar-refractivity contribution in [3.8, 4) is 5.75 Å². The average Bonchev–Trinajstić information content (AvgIpc) is 2.69. The first-order valence-corrected chi connectivity index (χ1v) is 9.20. The monoisotopic (exact) mass is 405 g/mol. The van der Waals surface area contributed by atoms with Gasteiger partial charge in [-0.25, -0.2) is 4.39 Å². The maximum absolute atomic E-state index is 13.6. The molecule has 28 heavy (non-hydrogen) atoms. The Hall–Kier alpha value is -2.64. The fourth-order valence-electron chi connectivity index (χ4n) is 3.40. The zero-order chi connectivity index (χ0) is 20.3. The topological polar surface area (TPSA) is 75.9 Å². The smallest absolute Gasteiger partial charge is 0.257 e. The summed E-state index contributed by atoms with van der Waals surface area (Å²) >= 11 is 5.92. The van der Waals surface area contributed by atoms with Gasteiger partial charge in [-0.05, 0) is 35.9 Å². The summed E-state index contributed by atoms with van der Waals surface area (Å²) in [6, 6.07) is 10.2. The second kappa shape index (κ2) is 8.58. The summed E-state index contributed by atoms with van der Waals surface area (Å²) in [7, 11) is 1.44. The van der Waals surface area contributed by atoms with Gasteiger partial charge in [0.25, 0.3) is 5.91 Å². The third-order valence-electron chi connectivity index (χ3n) is 4.81. The molecule has 8 heteroatoms. The first kappa shape index (κ1) is 20.1. The van der Waals surface area contributed by atoms with E-state index in [9.17, 15) is 14.0 Å². The fourth-order valence-corrected chi connectivity index (χ4v) is 3.53. The molecule has 0 bridgehead atoms. The molecule has 1 fully saturated rings. The lowest BCUT2D eigenvalue weighted by Gasteiger charge is -2.38. The largest absolute Gasteiger partial charge is 0.496 e. The molecule has 1 heterocycles. The van der Waals surface area contributed by atoms with E-state index in [1.165, 1.54) is 25.3 Å². The molecule has 0 aromatic heterocycles. The fraction of sp³-hybridized carbons (Fsp3) is 0.300. The minimum absolute atomic E-state index is 0.181. The first-order chi connectivity index (χ1) is 13.4. The van der Waals surface area contributed by atoms with Crippen LogP contribution in [-0.4, -0.2) is 54.9 Å². The number of hydrogen-bond acceptors (Lipinski definition) is 4. The van der Waals surface area contributed by atoms with Gasteiger partial charge in [0.15, 0.2) is 0 Å². The number of amides is 2. The number of rotatable bonds is 5. The zero-order valence-electron chi connectivity index (χ0n) is 15.4. The third-order valence-corrected chi connectivity index (χ3v) is 5.07. The normalized spacial score (nSPS) is 15.9. The van der Waals surface area contributed by atoms with Gasteiger partial charge in [0, 0.05) is 31.2 Å². The number of carbonyl (C=O) groups is 2. The first-order valence-electron chi connectivity index (χ1n) is 8.82. The van der Waals surface area contributed by atoms with Crippen LogP contribution in [0.3, 0.4) is 0 Å². The molecule has 1 aliphatic heterocycles. The van der Waals surface area contributed by atoms with Crippen molar-refractivity contribution < 1.29 is 18.7 Å². The van der Waals surface area contributed by atoms with E-state index in [0.717, 1.165) is 5.56 Å². The lowest BCUT2D eigenvalue weighted by molar-refractivity contribution is -0.124. The minimum Gasteiger partial charge on any atom is -0.496 e. The number of ether oxygens (including phenoxy) is 1. The number of hydrogen-bond donors (Lipinski definition) is 1. The Morgan fingerprint density at radius 3 is 2.32 bits per heavy atom. The molecular weight excluding hydrogens is 385 g/mol. The van der Waals surface area contributed by atoms with Crippen LogP contribution in [-0.2, 0) is 4.79 Å². The molecule has 0 saturated carbocycles. The zero-order valence-corrected chi connectivity index (χ0v) is 16.2. The number of benzene rings is 2. The van der Waals surface area contributed by atoms with Crippen LogP contribution in [0.5, 0.6) is 5.75 Å². The summed E-state index contributed by atoms with van der Waals surface area (Å²) in [6.45, 7) is 1.69. The summed E-state index contributed by atoms with van der Waals surface area (Å²) in [5.41, 5.74) is 6.56. The molecule has 2 amide bonds. The molecule has 2 aromatic carbocycles. The van der Waals surface area contributed by atoms with Crippen molar-refractivity contribution in [2.75, 3.05) is 33.3 Å². The maximum atomic E-state index is 13.6. The third kappa shape index (κ3) is 4.26. The van der Waals surface area contributed by atoms with E-state index in [0.29, 0.717) is 37.0 Å². The number of carbonyl (C=O) groups excluding carboxylic acids is 2.